The molecule has 0 unspecified atom stereocenters. The fourth-order valence-electron chi connectivity index (χ4n) is 2.70. The lowest BCUT2D eigenvalue weighted by molar-refractivity contribution is -0.119. The van der Waals surface area contributed by atoms with Crippen LogP contribution in [0.4, 0.5) is 4.39 Å². The number of hydrogen-bond acceptors (Lipinski definition) is 5. The fraction of sp³-hybridized carbons (Fsp3) is 0.250. The molecule has 3 aromatic rings. The number of thiophene rings is 1. The average molecular weight is 418 g/mol. The summed E-state index contributed by atoms with van der Waals surface area (Å²) in [5, 5.41) is 5.35. The molecule has 2 N–H and O–H groups in total. The molecule has 5 nitrogen and oxygen atoms in total. The molecule has 0 saturated heterocycles. The third-order valence-electron chi connectivity index (χ3n) is 3.96. The molecule has 0 radical (unpaired) electrons. The third-order valence-corrected chi connectivity index (χ3v) is 5.77. The van der Waals surface area contributed by atoms with Gasteiger partial charge in [-0.1, -0.05) is 43.3 Å². The second kappa shape index (κ2) is 9.66. The van der Waals surface area contributed by atoms with E-state index < -0.39 is 0 Å². The van der Waals surface area contributed by atoms with Crippen LogP contribution in [0.3, 0.4) is 0 Å². The highest BCUT2D eigenvalue weighted by atomic mass is 32.2. The third kappa shape index (κ3) is 5.53. The van der Waals surface area contributed by atoms with Gasteiger partial charge in [0.25, 0.3) is 5.56 Å². The number of amides is 1. The molecule has 8 heteroatoms. The van der Waals surface area contributed by atoms with E-state index in [4.69, 9.17) is 0 Å². The van der Waals surface area contributed by atoms with Crippen molar-refractivity contribution in [2.75, 3.05) is 5.75 Å². The van der Waals surface area contributed by atoms with Gasteiger partial charge in [-0.2, -0.15) is 0 Å². The maximum atomic E-state index is 13.3. The van der Waals surface area contributed by atoms with Crippen molar-refractivity contribution in [2.45, 2.75) is 31.0 Å². The first-order valence-corrected chi connectivity index (χ1v) is 10.7. The van der Waals surface area contributed by atoms with E-state index in [1.54, 1.807) is 12.1 Å². The van der Waals surface area contributed by atoms with Crippen molar-refractivity contribution in [3.8, 4) is 0 Å². The van der Waals surface area contributed by atoms with Gasteiger partial charge in [-0.15, -0.1) is 11.3 Å². The maximum absolute atomic E-state index is 13.3. The summed E-state index contributed by atoms with van der Waals surface area (Å²) < 4.78 is 13.3. The van der Waals surface area contributed by atoms with E-state index in [0.717, 1.165) is 22.6 Å². The van der Waals surface area contributed by atoms with Crippen LogP contribution in [0.25, 0.3) is 0 Å². The van der Waals surface area contributed by atoms with Gasteiger partial charge in [0, 0.05) is 16.6 Å². The van der Waals surface area contributed by atoms with Crippen molar-refractivity contribution >= 4 is 29.0 Å². The SMILES string of the molecule is CCCc1cc(=O)[nH]c(SCC(=O)N[C@H](c2ccc(F)cc2)c2cccs2)n1. The quantitative estimate of drug-likeness (QED) is 0.430. The molecule has 1 aromatic carbocycles. The summed E-state index contributed by atoms with van der Waals surface area (Å²) in [4.78, 5) is 32.3. The highest BCUT2D eigenvalue weighted by Crippen LogP contribution is 2.26. The zero-order chi connectivity index (χ0) is 19.9. The van der Waals surface area contributed by atoms with Crippen molar-refractivity contribution in [3.05, 3.63) is 80.2 Å². The second-order valence-electron chi connectivity index (χ2n) is 6.15. The van der Waals surface area contributed by atoms with Crippen LogP contribution in [0.1, 0.15) is 35.5 Å². The van der Waals surface area contributed by atoms with Gasteiger partial charge < -0.3 is 10.3 Å². The number of rotatable bonds is 8. The van der Waals surface area contributed by atoms with Gasteiger partial charge in [0.1, 0.15) is 5.82 Å². The molecule has 2 heterocycles. The minimum Gasteiger partial charge on any atom is -0.344 e. The minimum atomic E-state index is -0.355. The van der Waals surface area contributed by atoms with Crippen LogP contribution in [-0.4, -0.2) is 21.6 Å². The fourth-order valence-corrected chi connectivity index (χ4v) is 4.21. The van der Waals surface area contributed by atoms with Crippen LogP contribution in [0.2, 0.25) is 0 Å². The van der Waals surface area contributed by atoms with Crippen LogP contribution in [0.5, 0.6) is 0 Å². The number of halogens is 1. The van der Waals surface area contributed by atoms with E-state index in [1.807, 2.05) is 24.4 Å². The van der Waals surface area contributed by atoms with Gasteiger partial charge in [0.05, 0.1) is 11.8 Å². The monoisotopic (exact) mass is 417 g/mol. The number of aromatic amines is 1. The molecule has 146 valence electrons. The lowest BCUT2D eigenvalue weighted by atomic mass is 10.1. The molecule has 0 aliphatic rings. The van der Waals surface area contributed by atoms with Crippen molar-refractivity contribution in [1.82, 2.24) is 15.3 Å². The Kier molecular flexibility index (Phi) is 7.00. The van der Waals surface area contributed by atoms with E-state index >= 15 is 0 Å². The van der Waals surface area contributed by atoms with Gasteiger partial charge in [-0.05, 0) is 35.6 Å². The maximum Gasteiger partial charge on any atom is 0.251 e. The van der Waals surface area contributed by atoms with Gasteiger partial charge in [0.15, 0.2) is 5.16 Å². The zero-order valence-electron chi connectivity index (χ0n) is 15.3. The largest absolute Gasteiger partial charge is 0.344 e. The van der Waals surface area contributed by atoms with E-state index in [2.05, 4.69) is 15.3 Å². The number of thioether (sulfide) groups is 1. The van der Waals surface area contributed by atoms with Crippen molar-refractivity contribution in [2.24, 2.45) is 0 Å². The Hall–Kier alpha value is -2.45. The summed E-state index contributed by atoms with van der Waals surface area (Å²) in [6.45, 7) is 2.02. The Bertz CT molecular complexity index is 972. The Morgan fingerprint density at radius 2 is 2.11 bits per heavy atom. The predicted octanol–water partition coefficient (Wildman–Crippen LogP) is 3.92. The predicted molar refractivity (Wildman–Crippen MR) is 110 cm³/mol. The van der Waals surface area contributed by atoms with Gasteiger partial charge >= 0.3 is 0 Å². The lowest BCUT2D eigenvalue weighted by Gasteiger charge is -2.18. The van der Waals surface area contributed by atoms with Crippen LogP contribution < -0.4 is 10.9 Å². The number of aromatic nitrogens is 2. The Morgan fingerprint density at radius 3 is 2.79 bits per heavy atom. The van der Waals surface area contributed by atoms with Crippen LogP contribution in [0, 0.1) is 5.82 Å². The van der Waals surface area contributed by atoms with Gasteiger partial charge in [-0.3, -0.25) is 9.59 Å². The Labute approximate surface area is 170 Å². The number of aryl methyl sites for hydroxylation is 1. The lowest BCUT2D eigenvalue weighted by Crippen LogP contribution is -2.30. The number of hydrogen-bond donors (Lipinski definition) is 2. The molecule has 0 aliphatic heterocycles. The number of nitrogens with zero attached hydrogens (tertiary/aromatic N) is 1. The van der Waals surface area contributed by atoms with Gasteiger partial charge in [0.2, 0.25) is 5.91 Å². The number of nitrogens with one attached hydrogen (secondary N) is 2. The highest BCUT2D eigenvalue weighted by Gasteiger charge is 2.18. The van der Waals surface area contributed by atoms with Gasteiger partial charge in [-0.25, -0.2) is 9.37 Å². The topological polar surface area (TPSA) is 74.8 Å². The highest BCUT2D eigenvalue weighted by molar-refractivity contribution is 7.99. The average Bonchev–Trinajstić information content (AvgIpc) is 3.20. The molecule has 0 saturated carbocycles. The van der Waals surface area contributed by atoms with E-state index in [9.17, 15) is 14.0 Å². The number of H-pyrrole nitrogens is 1. The molecule has 1 amide bonds. The Morgan fingerprint density at radius 1 is 1.32 bits per heavy atom. The van der Waals surface area contributed by atoms with E-state index in [1.165, 1.54) is 41.3 Å². The molecule has 0 spiro atoms. The van der Waals surface area contributed by atoms with Crippen LogP contribution >= 0.6 is 23.1 Å². The molecule has 28 heavy (non-hydrogen) atoms. The number of carbonyl (C=O) groups excluding carboxylic acids is 1. The normalized spacial score (nSPS) is 11.9. The molecular formula is C20H20FN3O2S2. The van der Waals surface area contributed by atoms with Crippen LogP contribution in [0.15, 0.2) is 57.8 Å². The number of benzene rings is 1. The summed E-state index contributed by atoms with van der Waals surface area (Å²) in [5.41, 5.74) is 1.31. The first-order chi connectivity index (χ1) is 13.5. The second-order valence-corrected chi connectivity index (χ2v) is 8.09. The zero-order valence-corrected chi connectivity index (χ0v) is 16.9. The summed E-state index contributed by atoms with van der Waals surface area (Å²) in [6.07, 6.45) is 1.61. The first-order valence-electron chi connectivity index (χ1n) is 8.86. The standard InChI is InChI=1S/C20H20FN3O2S2/c1-2-4-15-11-17(25)24-20(22-15)28-12-18(26)23-19(16-5-3-10-27-16)13-6-8-14(21)9-7-13/h3,5-11,19H,2,4,12H2,1H3,(H,23,26)(H,22,24,25)/t19-/m1/s1. The molecule has 1 atom stereocenters. The summed E-state index contributed by atoms with van der Waals surface area (Å²) in [5.74, 6) is -0.407. The van der Waals surface area contributed by atoms with E-state index in [0.29, 0.717) is 11.6 Å². The molecular weight excluding hydrogens is 397 g/mol. The summed E-state index contributed by atoms with van der Waals surface area (Å²) in [7, 11) is 0. The minimum absolute atomic E-state index is 0.113. The smallest absolute Gasteiger partial charge is 0.251 e. The van der Waals surface area contributed by atoms with Crippen molar-refractivity contribution in [1.29, 1.82) is 0 Å². The molecule has 2 aromatic heterocycles. The molecule has 0 bridgehead atoms. The van der Waals surface area contributed by atoms with Crippen molar-refractivity contribution < 1.29 is 9.18 Å². The van der Waals surface area contributed by atoms with Crippen LogP contribution in [-0.2, 0) is 11.2 Å². The number of carbonyl (C=O) groups is 1. The van der Waals surface area contributed by atoms with E-state index in [-0.39, 0.29) is 29.1 Å². The summed E-state index contributed by atoms with van der Waals surface area (Å²) in [6, 6.07) is 11.1. The molecule has 0 aliphatic carbocycles. The molecule has 0 fully saturated rings. The summed E-state index contributed by atoms with van der Waals surface area (Å²) >= 11 is 2.71. The van der Waals surface area contributed by atoms with Crippen molar-refractivity contribution in [3.63, 3.8) is 0 Å². The Balaban J connectivity index is 1.69. The molecule has 3 rings (SSSR count). The first kappa shape index (κ1) is 20.3.